The standard InChI is InChI=1S/C30H31FN2O4/c1-30(2,3)37-29(35)33-16-24(23-14-8-9-15-26(23)31)27(17-33)32-28(34)36-18-25-21-12-6-4-10-19(21)20-11-5-7-13-22(20)25/h4-15,24-25,27H,16-18H2,1-3H3,(H,32,34)/t24-,27?/m1/s1. The van der Waals surface area contributed by atoms with E-state index in [1.807, 2.05) is 24.3 Å². The van der Waals surface area contributed by atoms with E-state index in [0.29, 0.717) is 5.56 Å². The average Bonchev–Trinajstić information content (AvgIpc) is 3.41. The number of nitrogens with one attached hydrogen (secondary N) is 1. The van der Waals surface area contributed by atoms with Crippen LogP contribution in [-0.4, -0.2) is 48.4 Å². The molecule has 6 nitrogen and oxygen atoms in total. The fourth-order valence-electron chi connectivity index (χ4n) is 5.31. The minimum absolute atomic E-state index is 0.0673. The molecule has 0 saturated carbocycles. The monoisotopic (exact) mass is 502 g/mol. The van der Waals surface area contributed by atoms with Crippen LogP contribution in [0.25, 0.3) is 11.1 Å². The van der Waals surface area contributed by atoms with Crippen LogP contribution in [0.3, 0.4) is 0 Å². The average molecular weight is 503 g/mol. The first-order valence-corrected chi connectivity index (χ1v) is 12.5. The van der Waals surface area contributed by atoms with Gasteiger partial charge < -0.3 is 19.7 Å². The maximum atomic E-state index is 14.7. The third-order valence-corrected chi connectivity index (χ3v) is 6.92. The van der Waals surface area contributed by atoms with E-state index in [-0.39, 0.29) is 31.4 Å². The van der Waals surface area contributed by atoms with E-state index in [1.54, 1.807) is 39.0 Å². The summed E-state index contributed by atoms with van der Waals surface area (Å²) in [7, 11) is 0. The van der Waals surface area contributed by atoms with Gasteiger partial charge in [-0.1, -0.05) is 66.7 Å². The molecule has 2 amide bonds. The fraction of sp³-hybridized carbons (Fsp3) is 0.333. The number of fused-ring (bicyclic) bond motifs is 3. The Bertz CT molecular complexity index is 1270. The van der Waals surface area contributed by atoms with Crippen LogP contribution in [0.4, 0.5) is 14.0 Å². The highest BCUT2D eigenvalue weighted by Crippen LogP contribution is 2.44. The highest BCUT2D eigenvalue weighted by atomic mass is 19.1. The molecule has 37 heavy (non-hydrogen) atoms. The van der Waals surface area contributed by atoms with Gasteiger partial charge in [-0.3, -0.25) is 0 Å². The summed E-state index contributed by atoms with van der Waals surface area (Å²) in [6.07, 6.45) is -1.09. The molecule has 1 heterocycles. The number of hydrogen-bond acceptors (Lipinski definition) is 4. The number of ether oxygens (including phenoxy) is 2. The molecule has 7 heteroatoms. The molecule has 1 saturated heterocycles. The molecule has 2 aliphatic rings. The molecule has 0 aromatic heterocycles. The van der Waals surface area contributed by atoms with E-state index in [2.05, 4.69) is 29.6 Å². The van der Waals surface area contributed by atoms with Gasteiger partial charge in [0.1, 0.15) is 18.0 Å². The lowest BCUT2D eigenvalue weighted by Crippen LogP contribution is -2.42. The summed E-state index contributed by atoms with van der Waals surface area (Å²) in [5.74, 6) is -0.880. The van der Waals surface area contributed by atoms with Gasteiger partial charge in [0.2, 0.25) is 0 Å². The Balaban J connectivity index is 1.30. The summed E-state index contributed by atoms with van der Waals surface area (Å²) in [6, 6.07) is 22.2. The van der Waals surface area contributed by atoms with Crippen LogP contribution in [0.1, 0.15) is 49.3 Å². The number of amides is 2. The molecule has 0 spiro atoms. The Labute approximate surface area is 216 Å². The Morgan fingerprint density at radius 1 is 0.892 bits per heavy atom. The zero-order chi connectivity index (χ0) is 26.2. The zero-order valence-electron chi connectivity index (χ0n) is 21.2. The molecule has 1 aliphatic heterocycles. The highest BCUT2D eigenvalue weighted by molar-refractivity contribution is 5.79. The molecule has 1 unspecified atom stereocenters. The molecule has 192 valence electrons. The number of hydrogen-bond donors (Lipinski definition) is 1. The van der Waals surface area contributed by atoms with E-state index >= 15 is 0 Å². The van der Waals surface area contributed by atoms with Gasteiger partial charge in [0.05, 0.1) is 6.04 Å². The Morgan fingerprint density at radius 3 is 2.05 bits per heavy atom. The number of carbonyl (C=O) groups is 2. The first-order chi connectivity index (χ1) is 17.7. The molecule has 2 atom stereocenters. The van der Waals surface area contributed by atoms with Gasteiger partial charge >= 0.3 is 12.2 Å². The van der Waals surface area contributed by atoms with Crippen LogP contribution in [-0.2, 0) is 9.47 Å². The van der Waals surface area contributed by atoms with Crippen LogP contribution in [0, 0.1) is 5.82 Å². The number of likely N-dealkylation sites (tertiary alicyclic amines) is 1. The van der Waals surface area contributed by atoms with E-state index < -0.39 is 29.7 Å². The molecule has 0 radical (unpaired) electrons. The first-order valence-electron chi connectivity index (χ1n) is 12.5. The van der Waals surface area contributed by atoms with Gasteiger partial charge in [0.25, 0.3) is 0 Å². The highest BCUT2D eigenvalue weighted by Gasteiger charge is 2.40. The molecule has 0 bridgehead atoms. The first kappa shape index (κ1) is 24.8. The van der Waals surface area contributed by atoms with Crippen molar-refractivity contribution in [1.82, 2.24) is 10.2 Å². The largest absolute Gasteiger partial charge is 0.449 e. The number of rotatable bonds is 4. The Kier molecular flexibility index (Phi) is 6.63. The molecule has 1 fully saturated rings. The number of halogens is 1. The van der Waals surface area contributed by atoms with Crippen molar-refractivity contribution < 1.29 is 23.5 Å². The van der Waals surface area contributed by atoms with E-state index in [4.69, 9.17) is 9.47 Å². The lowest BCUT2D eigenvalue weighted by molar-refractivity contribution is 0.0288. The predicted molar refractivity (Wildman–Crippen MR) is 139 cm³/mol. The minimum atomic E-state index is -0.664. The molecule has 1 aliphatic carbocycles. The topological polar surface area (TPSA) is 67.9 Å². The third-order valence-electron chi connectivity index (χ3n) is 6.92. The van der Waals surface area contributed by atoms with Crippen LogP contribution >= 0.6 is 0 Å². The van der Waals surface area contributed by atoms with E-state index in [1.165, 1.54) is 11.0 Å². The number of alkyl carbamates (subject to hydrolysis) is 1. The quantitative estimate of drug-likeness (QED) is 0.470. The summed E-state index contributed by atoms with van der Waals surface area (Å²) in [6.45, 7) is 5.97. The molecule has 3 aromatic carbocycles. The van der Waals surface area contributed by atoms with E-state index in [9.17, 15) is 14.0 Å². The number of nitrogens with zero attached hydrogens (tertiary/aromatic N) is 1. The van der Waals surface area contributed by atoms with Crippen molar-refractivity contribution >= 4 is 12.2 Å². The second-order valence-electron chi connectivity index (χ2n) is 10.6. The number of benzene rings is 3. The Morgan fingerprint density at radius 2 is 1.46 bits per heavy atom. The summed E-state index contributed by atoms with van der Waals surface area (Å²) in [4.78, 5) is 27.2. The second kappa shape index (κ2) is 9.88. The van der Waals surface area contributed by atoms with Gasteiger partial charge in [-0.2, -0.15) is 0 Å². The van der Waals surface area contributed by atoms with Crippen molar-refractivity contribution in [3.8, 4) is 11.1 Å². The SMILES string of the molecule is CC(C)(C)OC(=O)N1CC(NC(=O)OCC2c3ccccc3-c3ccccc32)[C@@H](c2ccccc2F)C1. The van der Waals surface area contributed by atoms with Crippen molar-refractivity contribution in [3.05, 3.63) is 95.3 Å². The normalized spacial score (nSPS) is 18.8. The predicted octanol–water partition coefficient (Wildman–Crippen LogP) is 6.07. The van der Waals surface area contributed by atoms with Gasteiger partial charge in [-0.15, -0.1) is 0 Å². The van der Waals surface area contributed by atoms with Gasteiger partial charge in [-0.25, -0.2) is 14.0 Å². The van der Waals surface area contributed by atoms with Crippen LogP contribution < -0.4 is 5.32 Å². The summed E-state index contributed by atoms with van der Waals surface area (Å²) < 4.78 is 25.9. The smallest absolute Gasteiger partial charge is 0.410 e. The van der Waals surface area contributed by atoms with Crippen LogP contribution in [0.15, 0.2) is 72.8 Å². The lowest BCUT2D eigenvalue weighted by Gasteiger charge is -2.24. The minimum Gasteiger partial charge on any atom is -0.449 e. The zero-order valence-corrected chi connectivity index (χ0v) is 21.2. The molecule has 1 N–H and O–H groups in total. The van der Waals surface area contributed by atoms with Gasteiger partial charge in [0, 0.05) is 24.9 Å². The summed E-state index contributed by atoms with van der Waals surface area (Å²) >= 11 is 0. The van der Waals surface area contributed by atoms with Crippen molar-refractivity contribution in [1.29, 1.82) is 0 Å². The van der Waals surface area contributed by atoms with Crippen molar-refractivity contribution in [2.75, 3.05) is 19.7 Å². The lowest BCUT2D eigenvalue weighted by atomic mass is 9.94. The van der Waals surface area contributed by atoms with Crippen LogP contribution in [0.5, 0.6) is 0 Å². The number of carbonyl (C=O) groups excluding carboxylic acids is 2. The molecular formula is C30H31FN2O4. The van der Waals surface area contributed by atoms with Crippen molar-refractivity contribution in [2.45, 2.75) is 44.2 Å². The molecular weight excluding hydrogens is 471 g/mol. The van der Waals surface area contributed by atoms with Crippen molar-refractivity contribution in [3.63, 3.8) is 0 Å². The maximum Gasteiger partial charge on any atom is 0.410 e. The van der Waals surface area contributed by atoms with Crippen LogP contribution in [0.2, 0.25) is 0 Å². The third kappa shape index (κ3) is 5.17. The maximum absolute atomic E-state index is 14.7. The van der Waals surface area contributed by atoms with Gasteiger partial charge in [-0.05, 0) is 54.7 Å². The van der Waals surface area contributed by atoms with E-state index in [0.717, 1.165) is 22.3 Å². The summed E-state index contributed by atoms with van der Waals surface area (Å²) in [5.41, 5.74) is 4.32. The summed E-state index contributed by atoms with van der Waals surface area (Å²) in [5, 5.41) is 2.90. The second-order valence-corrected chi connectivity index (χ2v) is 10.6. The fourth-order valence-corrected chi connectivity index (χ4v) is 5.31. The van der Waals surface area contributed by atoms with Crippen molar-refractivity contribution in [2.24, 2.45) is 0 Å². The van der Waals surface area contributed by atoms with Gasteiger partial charge in [0.15, 0.2) is 0 Å². The molecule has 3 aromatic rings. The Hall–Kier alpha value is -3.87. The molecule has 5 rings (SSSR count).